The van der Waals surface area contributed by atoms with Gasteiger partial charge in [-0.15, -0.1) is 0 Å². The topological polar surface area (TPSA) is 54.9 Å². The van der Waals surface area contributed by atoms with Crippen LogP contribution >= 0.6 is 35.0 Å². The average Bonchev–Trinajstić information content (AvgIpc) is 2.13. The van der Waals surface area contributed by atoms with Crippen LogP contribution in [0, 0.1) is 0 Å². The van der Waals surface area contributed by atoms with Crippen LogP contribution in [0.4, 0.5) is 5.82 Å². The molecule has 82 valence electrons. The maximum atomic E-state index is 11.3. The van der Waals surface area contributed by atoms with E-state index in [-0.39, 0.29) is 16.3 Å². The quantitative estimate of drug-likeness (QED) is 0.672. The largest absolute Gasteiger partial charge is 0.310 e. The second-order valence-corrected chi connectivity index (χ2v) is 4.35. The second kappa shape index (κ2) is 6.15. The Kier molecular flexibility index (Phi) is 5.14. The van der Waals surface area contributed by atoms with Gasteiger partial charge in [0.2, 0.25) is 11.2 Å². The molecular formula is C8H9Cl2N3OS. The van der Waals surface area contributed by atoms with Crippen LogP contribution in [0.15, 0.2) is 6.07 Å². The van der Waals surface area contributed by atoms with Crippen molar-refractivity contribution in [2.24, 2.45) is 0 Å². The molecule has 1 aromatic rings. The first kappa shape index (κ1) is 12.5. The first-order valence-electron chi connectivity index (χ1n) is 4.10. The number of rotatable bonds is 4. The van der Waals surface area contributed by atoms with Crippen molar-refractivity contribution in [2.45, 2.75) is 6.42 Å². The van der Waals surface area contributed by atoms with Crippen molar-refractivity contribution in [1.82, 2.24) is 9.97 Å². The van der Waals surface area contributed by atoms with E-state index in [1.165, 1.54) is 6.07 Å². The highest BCUT2D eigenvalue weighted by molar-refractivity contribution is 7.98. The zero-order valence-corrected chi connectivity index (χ0v) is 10.3. The Bertz CT molecular complexity index is 341. The summed E-state index contributed by atoms with van der Waals surface area (Å²) in [6, 6.07) is 1.45. The Labute approximate surface area is 102 Å². The van der Waals surface area contributed by atoms with Crippen LogP contribution < -0.4 is 5.32 Å². The summed E-state index contributed by atoms with van der Waals surface area (Å²) in [7, 11) is 0. The van der Waals surface area contributed by atoms with Crippen molar-refractivity contribution in [2.75, 3.05) is 17.3 Å². The number of hydrogen-bond acceptors (Lipinski definition) is 4. The Morgan fingerprint density at radius 1 is 1.53 bits per heavy atom. The summed E-state index contributed by atoms with van der Waals surface area (Å²) in [5, 5.41) is 2.81. The first-order valence-corrected chi connectivity index (χ1v) is 6.25. The van der Waals surface area contributed by atoms with Crippen LogP contribution in [-0.4, -0.2) is 27.9 Å². The zero-order valence-electron chi connectivity index (χ0n) is 7.96. The lowest BCUT2D eigenvalue weighted by atomic mass is 10.4. The standard InChI is InChI=1S/C8H9Cl2N3OS/c1-15-3-2-7(14)12-6-4-5(9)11-8(10)13-6/h4H,2-3H2,1H3,(H,11,12,13,14). The minimum Gasteiger partial charge on any atom is -0.310 e. The first-order chi connectivity index (χ1) is 7.11. The molecule has 7 heteroatoms. The van der Waals surface area contributed by atoms with Crippen LogP contribution in [0.5, 0.6) is 0 Å². The van der Waals surface area contributed by atoms with Crippen molar-refractivity contribution >= 4 is 46.7 Å². The lowest BCUT2D eigenvalue weighted by Gasteiger charge is -2.03. The SMILES string of the molecule is CSCCC(=O)Nc1cc(Cl)nc(Cl)n1. The number of anilines is 1. The fraction of sp³-hybridized carbons (Fsp3) is 0.375. The molecule has 1 amide bonds. The average molecular weight is 266 g/mol. The van der Waals surface area contributed by atoms with Gasteiger partial charge in [0.25, 0.3) is 0 Å². The predicted molar refractivity (Wildman–Crippen MR) is 63.7 cm³/mol. The predicted octanol–water partition coefficient (Wildman–Crippen LogP) is 2.47. The van der Waals surface area contributed by atoms with Gasteiger partial charge < -0.3 is 5.32 Å². The highest BCUT2D eigenvalue weighted by atomic mass is 35.5. The number of nitrogens with one attached hydrogen (secondary N) is 1. The molecular weight excluding hydrogens is 257 g/mol. The van der Waals surface area contributed by atoms with Gasteiger partial charge in [-0.25, -0.2) is 9.97 Å². The molecule has 0 saturated heterocycles. The minimum atomic E-state index is -0.116. The number of halogens is 2. The van der Waals surface area contributed by atoms with E-state index in [0.29, 0.717) is 12.2 Å². The van der Waals surface area contributed by atoms with E-state index in [1.807, 2.05) is 6.26 Å². The molecule has 1 heterocycles. The van der Waals surface area contributed by atoms with E-state index in [4.69, 9.17) is 23.2 Å². The zero-order chi connectivity index (χ0) is 11.3. The van der Waals surface area contributed by atoms with E-state index in [2.05, 4.69) is 15.3 Å². The molecule has 1 N–H and O–H groups in total. The van der Waals surface area contributed by atoms with Gasteiger partial charge >= 0.3 is 0 Å². The lowest BCUT2D eigenvalue weighted by Crippen LogP contribution is -2.13. The Morgan fingerprint density at radius 3 is 2.87 bits per heavy atom. The van der Waals surface area contributed by atoms with Gasteiger partial charge in [0.15, 0.2) is 0 Å². The third-order valence-electron chi connectivity index (χ3n) is 1.47. The summed E-state index contributed by atoms with van der Waals surface area (Å²) < 4.78 is 0. The van der Waals surface area contributed by atoms with Crippen molar-refractivity contribution in [3.63, 3.8) is 0 Å². The highest BCUT2D eigenvalue weighted by Gasteiger charge is 2.05. The van der Waals surface area contributed by atoms with Crippen LogP contribution in [0.25, 0.3) is 0 Å². The Morgan fingerprint density at radius 2 is 2.27 bits per heavy atom. The molecule has 4 nitrogen and oxygen atoms in total. The summed E-state index contributed by atoms with van der Waals surface area (Å²) in [5.74, 6) is 0.972. The van der Waals surface area contributed by atoms with Crippen LogP contribution in [-0.2, 0) is 4.79 Å². The molecule has 0 aliphatic heterocycles. The summed E-state index contributed by atoms with van der Waals surface area (Å²) in [4.78, 5) is 18.8. The van der Waals surface area contributed by atoms with E-state index in [1.54, 1.807) is 11.8 Å². The lowest BCUT2D eigenvalue weighted by molar-refractivity contribution is -0.115. The minimum absolute atomic E-state index is 0.0164. The molecule has 0 saturated carbocycles. The molecule has 0 spiro atoms. The fourth-order valence-electron chi connectivity index (χ4n) is 0.854. The van der Waals surface area contributed by atoms with E-state index in [9.17, 15) is 4.79 Å². The van der Waals surface area contributed by atoms with Crippen molar-refractivity contribution < 1.29 is 4.79 Å². The number of nitrogens with zero attached hydrogens (tertiary/aromatic N) is 2. The Balaban J connectivity index is 2.60. The Hall–Kier alpha value is -0.520. The van der Waals surface area contributed by atoms with E-state index in [0.717, 1.165) is 5.75 Å². The van der Waals surface area contributed by atoms with Gasteiger partial charge in [-0.05, 0) is 17.9 Å². The molecule has 0 radical (unpaired) electrons. The summed E-state index contributed by atoms with van der Waals surface area (Å²) in [6.45, 7) is 0. The van der Waals surface area contributed by atoms with Gasteiger partial charge in [0.05, 0.1) is 0 Å². The molecule has 1 rings (SSSR count). The summed E-state index contributed by atoms with van der Waals surface area (Å²) >= 11 is 12.8. The van der Waals surface area contributed by atoms with E-state index >= 15 is 0 Å². The molecule has 0 aromatic carbocycles. The second-order valence-electron chi connectivity index (χ2n) is 2.64. The van der Waals surface area contributed by atoms with Crippen LogP contribution in [0.3, 0.4) is 0 Å². The number of thioether (sulfide) groups is 1. The van der Waals surface area contributed by atoms with Crippen LogP contribution in [0.1, 0.15) is 6.42 Å². The number of carbonyl (C=O) groups is 1. The van der Waals surface area contributed by atoms with Crippen LogP contribution in [0.2, 0.25) is 10.4 Å². The number of amides is 1. The normalized spacial score (nSPS) is 10.1. The number of aromatic nitrogens is 2. The monoisotopic (exact) mass is 265 g/mol. The molecule has 0 unspecified atom stereocenters. The van der Waals surface area contributed by atoms with Crippen molar-refractivity contribution in [3.8, 4) is 0 Å². The van der Waals surface area contributed by atoms with Gasteiger partial charge in [-0.3, -0.25) is 4.79 Å². The third-order valence-corrected chi connectivity index (χ3v) is 2.44. The summed E-state index contributed by atoms with van der Waals surface area (Å²) in [6.07, 6.45) is 2.37. The highest BCUT2D eigenvalue weighted by Crippen LogP contribution is 2.14. The fourth-order valence-corrected chi connectivity index (χ4v) is 1.65. The van der Waals surface area contributed by atoms with Gasteiger partial charge in [-0.1, -0.05) is 11.6 Å². The van der Waals surface area contributed by atoms with Gasteiger partial charge in [0, 0.05) is 18.2 Å². The molecule has 15 heavy (non-hydrogen) atoms. The molecule has 0 aliphatic carbocycles. The maximum absolute atomic E-state index is 11.3. The molecule has 0 bridgehead atoms. The molecule has 0 aliphatic rings. The van der Waals surface area contributed by atoms with Gasteiger partial charge in [0.1, 0.15) is 11.0 Å². The smallest absolute Gasteiger partial charge is 0.226 e. The van der Waals surface area contributed by atoms with Crippen molar-refractivity contribution in [1.29, 1.82) is 0 Å². The van der Waals surface area contributed by atoms with Gasteiger partial charge in [-0.2, -0.15) is 11.8 Å². The number of hydrogen-bond donors (Lipinski definition) is 1. The molecule has 1 aromatic heterocycles. The number of carbonyl (C=O) groups excluding carboxylic acids is 1. The summed E-state index contributed by atoms with van der Waals surface area (Å²) in [5.41, 5.74) is 0. The van der Waals surface area contributed by atoms with Crippen molar-refractivity contribution in [3.05, 3.63) is 16.5 Å². The van der Waals surface area contributed by atoms with E-state index < -0.39 is 0 Å². The molecule has 0 fully saturated rings. The molecule has 0 atom stereocenters. The maximum Gasteiger partial charge on any atom is 0.226 e. The third kappa shape index (κ3) is 4.68.